The zero-order chi connectivity index (χ0) is 25.9. The second kappa shape index (κ2) is 11.6. The maximum absolute atomic E-state index is 14.0. The first-order chi connectivity index (χ1) is 17.2. The van der Waals surface area contributed by atoms with Gasteiger partial charge in [0, 0.05) is 23.7 Å². The Labute approximate surface area is 219 Å². The van der Waals surface area contributed by atoms with Gasteiger partial charge in [-0.15, -0.1) is 5.11 Å². The molecule has 0 bridgehead atoms. The van der Waals surface area contributed by atoms with Crippen LogP contribution < -0.4 is 11.5 Å². The Morgan fingerprint density at radius 3 is 2.30 bits per heavy atom. The van der Waals surface area contributed by atoms with Crippen LogP contribution in [0.2, 0.25) is 0 Å². The number of hydrogen-bond donors (Lipinski definition) is 4. The maximum Gasteiger partial charge on any atom is 0.258 e. The summed E-state index contributed by atoms with van der Waals surface area (Å²) < 4.78 is 0. The molecule has 6 N–H and O–H groups in total. The summed E-state index contributed by atoms with van der Waals surface area (Å²) in [6.07, 6.45) is 7.04. The first kappa shape index (κ1) is 27.9. The van der Waals surface area contributed by atoms with E-state index in [9.17, 15) is 9.59 Å². The molecule has 1 fully saturated rings. The maximum atomic E-state index is 14.0. The molecule has 0 heterocycles. The summed E-state index contributed by atoms with van der Waals surface area (Å²) in [5.74, 6) is -0.254. The number of rotatable bonds is 5. The number of guanidine groups is 1. The fraction of sp³-hybridized carbons (Fsp3) is 0.414. The van der Waals surface area contributed by atoms with Crippen molar-refractivity contribution in [2.75, 3.05) is 0 Å². The Morgan fingerprint density at radius 2 is 1.68 bits per heavy atom. The molecule has 0 aliphatic heterocycles. The van der Waals surface area contributed by atoms with E-state index in [1.165, 1.54) is 5.56 Å². The molecule has 2 aliphatic rings. The lowest BCUT2D eigenvalue weighted by Gasteiger charge is -2.41. The monoisotopic (exact) mass is 502 g/mol. The van der Waals surface area contributed by atoms with E-state index in [2.05, 4.69) is 43.3 Å². The number of allylic oxidation sites excluding steroid dienone is 1. The molecule has 2 amide bonds. The van der Waals surface area contributed by atoms with Crippen LogP contribution in [-0.4, -0.2) is 28.7 Å². The second-order valence-electron chi connectivity index (χ2n) is 10.9. The van der Waals surface area contributed by atoms with Crippen molar-refractivity contribution in [1.82, 2.24) is 16.4 Å². The fourth-order valence-corrected chi connectivity index (χ4v) is 5.43. The first-order valence-electron chi connectivity index (χ1n) is 12.6. The number of hydrogen-bond acceptors (Lipinski definition) is 5. The fourth-order valence-electron chi connectivity index (χ4n) is 5.43. The van der Waals surface area contributed by atoms with Crippen molar-refractivity contribution in [2.45, 2.75) is 65.5 Å². The lowest BCUT2D eigenvalue weighted by Crippen LogP contribution is -2.43. The minimum atomic E-state index is -0.503. The number of carbonyl (C=O) groups excluding carboxylic acids is 2. The summed E-state index contributed by atoms with van der Waals surface area (Å²) in [4.78, 5) is 28.2. The van der Waals surface area contributed by atoms with Crippen molar-refractivity contribution in [2.24, 2.45) is 16.4 Å². The summed E-state index contributed by atoms with van der Waals surface area (Å²) in [6, 6.07) is 15.4. The highest BCUT2D eigenvalue weighted by Crippen LogP contribution is 2.40. The molecule has 196 valence electrons. The highest BCUT2D eigenvalue weighted by molar-refractivity contribution is 6.21. The van der Waals surface area contributed by atoms with Gasteiger partial charge in [0.25, 0.3) is 11.8 Å². The van der Waals surface area contributed by atoms with E-state index in [-0.39, 0.29) is 23.5 Å². The summed E-state index contributed by atoms with van der Waals surface area (Å²) in [6.45, 7) is 7.39. The molecule has 0 atom stereocenters. The Bertz CT molecular complexity index is 1190. The van der Waals surface area contributed by atoms with Gasteiger partial charge in [-0.05, 0) is 72.3 Å². The molecule has 2 aliphatic carbocycles. The molecule has 0 radical (unpaired) electrons. The first-order valence-corrected chi connectivity index (χ1v) is 12.6. The van der Waals surface area contributed by atoms with E-state index >= 15 is 0 Å². The second-order valence-corrected chi connectivity index (χ2v) is 10.9. The lowest BCUT2D eigenvalue weighted by molar-refractivity contribution is -0.129. The molecule has 2 aromatic carbocycles. The topological polar surface area (TPSA) is 144 Å². The van der Waals surface area contributed by atoms with Gasteiger partial charge >= 0.3 is 0 Å². The highest BCUT2D eigenvalue weighted by atomic mass is 16.2. The van der Waals surface area contributed by atoms with Gasteiger partial charge in [0.05, 0.1) is 0 Å². The van der Waals surface area contributed by atoms with Crippen LogP contribution in [-0.2, 0) is 17.8 Å². The number of nitrogens with one attached hydrogen (secondary N) is 3. The SMILES string of the molecule is CC(C)(C)C1CCC(N(Cc2ccc(C(=O)NC(=N)N=N)cc2)C(=O)C2=CCc3ccccc32)CC1.N. The molecule has 1 saturated carbocycles. The van der Waals surface area contributed by atoms with Gasteiger partial charge in [-0.3, -0.25) is 20.3 Å². The highest BCUT2D eigenvalue weighted by Gasteiger charge is 2.35. The van der Waals surface area contributed by atoms with Crippen LogP contribution in [0, 0.1) is 22.3 Å². The van der Waals surface area contributed by atoms with E-state index < -0.39 is 11.9 Å². The third-order valence-corrected chi connectivity index (χ3v) is 7.60. The summed E-state index contributed by atoms with van der Waals surface area (Å²) in [7, 11) is 0. The number of carbonyl (C=O) groups is 2. The molecule has 0 spiro atoms. The van der Waals surface area contributed by atoms with E-state index in [0.717, 1.165) is 48.8 Å². The summed E-state index contributed by atoms with van der Waals surface area (Å²) >= 11 is 0. The van der Waals surface area contributed by atoms with Crippen molar-refractivity contribution >= 4 is 23.3 Å². The number of fused-ring (bicyclic) bond motifs is 1. The minimum absolute atomic E-state index is 0. The van der Waals surface area contributed by atoms with Crippen LogP contribution in [0.4, 0.5) is 0 Å². The minimum Gasteiger partial charge on any atom is -0.344 e. The average Bonchev–Trinajstić information content (AvgIpc) is 3.31. The van der Waals surface area contributed by atoms with E-state index in [1.807, 2.05) is 35.2 Å². The third-order valence-electron chi connectivity index (χ3n) is 7.60. The van der Waals surface area contributed by atoms with Gasteiger partial charge in [-0.1, -0.05) is 63.2 Å². The van der Waals surface area contributed by atoms with Gasteiger partial charge < -0.3 is 11.1 Å². The quantitative estimate of drug-likeness (QED) is 0.222. The van der Waals surface area contributed by atoms with E-state index in [4.69, 9.17) is 10.9 Å². The predicted octanol–water partition coefficient (Wildman–Crippen LogP) is 6.12. The van der Waals surface area contributed by atoms with E-state index in [0.29, 0.717) is 18.0 Å². The van der Waals surface area contributed by atoms with Crippen LogP contribution in [0.25, 0.3) is 5.57 Å². The number of benzene rings is 2. The van der Waals surface area contributed by atoms with Crippen LogP contribution in [0.15, 0.2) is 59.7 Å². The predicted molar refractivity (Wildman–Crippen MR) is 146 cm³/mol. The Kier molecular flexibility index (Phi) is 8.76. The van der Waals surface area contributed by atoms with Crippen molar-refractivity contribution in [3.8, 4) is 0 Å². The number of amides is 2. The average molecular weight is 503 g/mol. The summed E-state index contributed by atoms with van der Waals surface area (Å²) in [5, 5.41) is 12.5. The lowest BCUT2D eigenvalue weighted by atomic mass is 9.71. The standard InChI is InChI=1S/C29H35N5O2.H3N/c1-29(2,3)22-13-15-23(16-14-22)34(27(36)25-17-12-20-6-4-5-7-24(20)25)18-19-8-10-21(11-9-19)26(35)32-28(30)33-31;/h4-11,17,22-23,31H,12-16,18H2,1-3H3,(H2,30,32,35);1H3. The Hall–Kier alpha value is -3.65. The van der Waals surface area contributed by atoms with Crippen molar-refractivity contribution < 1.29 is 9.59 Å². The molecule has 0 aromatic heterocycles. The molecule has 0 unspecified atom stereocenters. The molecule has 0 saturated heterocycles. The molecule has 8 nitrogen and oxygen atoms in total. The van der Waals surface area contributed by atoms with Crippen LogP contribution >= 0.6 is 0 Å². The molecule has 8 heteroatoms. The largest absolute Gasteiger partial charge is 0.344 e. The van der Waals surface area contributed by atoms with Crippen LogP contribution in [0.3, 0.4) is 0 Å². The van der Waals surface area contributed by atoms with Crippen molar-refractivity contribution in [3.05, 3.63) is 76.9 Å². The Balaban J connectivity index is 0.00000380. The van der Waals surface area contributed by atoms with Gasteiger partial charge in [0.2, 0.25) is 5.96 Å². The third kappa shape index (κ3) is 6.38. The number of nitrogens with zero attached hydrogens (tertiary/aromatic N) is 2. The molecular weight excluding hydrogens is 464 g/mol. The van der Waals surface area contributed by atoms with Gasteiger partial charge in [-0.25, -0.2) is 5.53 Å². The van der Waals surface area contributed by atoms with Crippen molar-refractivity contribution in [1.29, 1.82) is 10.9 Å². The Morgan fingerprint density at radius 1 is 1.03 bits per heavy atom. The van der Waals surface area contributed by atoms with Crippen molar-refractivity contribution in [3.63, 3.8) is 0 Å². The molecule has 37 heavy (non-hydrogen) atoms. The van der Waals surface area contributed by atoms with Gasteiger partial charge in [-0.2, -0.15) is 0 Å². The van der Waals surface area contributed by atoms with Crippen LogP contribution in [0.1, 0.15) is 73.5 Å². The van der Waals surface area contributed by atoms with E-state index in [1.54, 1.807) is 12.1 Å². The normalized spacial score (nSPS) is 18.6. The molecule has 2 aromatic rings. The molecular formula is C29H38N6O2. The zero-order valence-electron chi connectivity index (χ0n) is 22.0. The zero-order valence-corrected chi connectivity index (χ0v) is 22.0. The smallest absolute Gasteiger partial charge is 0.258 e. The van der Waals surface area contributed by atoms with Gasteiger partial charge in [0.15, 0.2) is 0 Å². The van der Waals surface area contributed by atoms with Gasteiger partial charge in [0.1, 0.15) is 0 Å². The van der Waals surface area contributed by atoms with Crippen LogP contribution in [0.5, 0.6) is 0 Å². The summed E-state index contributed by atoms with van der Waals surface area (Å²) in [5.41, 5.74) is 11.4. The molecule has 4 rings (SSSR count).